The lowest BCUT2D eigenvalue weighted by atomic mass is 9.94. The van der Waals surface area contributed by atoms with Gasteiger partial charge < -0.3 is 20.1 Å². The predicted octanol–water partition coefficient (Wildman–Crippen LogP) is 7.33. The first-order chi connectivity index (χ1) is 19.3. The van der Waals surface area contributed by atoms with Gasteiger partial charge >= 0.3 is 0 Å². The molecule has 4 aromatic rings. The Kier molecular flexibility index (Phi) is 8.27. The van der Waals surface area contributed by atoms with Gasteiger partial charge in [-0.1, -0.05) is 40.2 Å². The minimum absolute atomic E-state index is 0.227. The van der Waals surface area contributed by atoms with E-state index in [0.717, 1.165) is 32.4 Å². The molecule has 0 saturated carbocycles. The summed E-state index contributed by atoms with van der Waals surface area (Å²) in [6, 6.07) is 17.1. The van der Waals surface area contributed by atoms with E-state index in [9.17, 15) is 4.79 Å². The predicted molar refractivity (Wildman–Crippen MR) is 163 cm³/mol. The second-order valence-electron chi connectivity index (χ2n) is 9.47. The molecular formula is C30H29Br2N5O3. The van der Waals surface area contributed by atoms with E-state index in [-0.39, 0.29) is 5.91 Å². The van der Waals surface area contributed by atoms with Crippen molar-refractivity contribution >= 4 is 49.4 Å². The molecule has 3 aromatic carbocycles. The maximum Gasteiger partial charge on any atom is 0.255 e. The fraction of sp³-hybridized carbons (Fsp3) is 0.233. The number of hydrogen-bond donors (Lipinski definition) is 2. The van der Waals surface area contributed by atoms with E-state index in [1.807, 2.05) is 82.3 Å². The zero-order valence-corrected chi connectivity index (χ0v) is 25.8. The molecule has 206 valence electrons. The molecule has 2 N–H and O–H groups in total. The van der Waals surface area contributed by atoms with Gasteiger partial charge in [-0.2, -0.15) is 10.1 Å². The summed E-state index contributed by atoms with van der Waals surface area (Å²) in [5.74, 6) is 1.48. The van der Waals surface area contributed by atoms with Crippen molar-refractivity contribution < 1.29 is 14.3 Å². The molecule has 1 amide bonds. The number of aromatic nitrogens is 3. The minimum atomic E-state index is -0.556. The van der Waals surface area contributed by atoms with Crippen molar-refractivity contribution in [3.8, 4) is 11.5 Å². The van der Waals surface area contributed by atoms with Crippen molar-refractivity contribution in [2.24, 2.45) is 0 Å². The van der Waals surface area contributed by atoms with Crippen LogP contribution in [0.15, 0.2) is 81.1 Å². The summed E-state index contributed by atoms with van der Waals surface area (Å²) in [6.07, 6.45) is 1.47. The van der Waals surface area contributed by atoms with Crippen LogP contribution in [0.5, 0.6) is 11.5 Å². The SMILES string of the molecule is CCOc1cc(C2C(C(=O)Nc3cccc(C)c3C)=C(C)Nc3ncnn32)cc(Br)c1OCc1ccc(Br)cc1. The number of anilines is 2. The summed E-state index contributed by atoms with van der Waals surface area (Å²) < 4.78 is 15.7. The van der Waals surface area contributed by atoms with E-state index in [0.29, 0.717) is 46.4 Å². The van der Waals surface area contributed by atoms with Crippen LogP contribution >= 0.6 is 31.9 Å². The monoisotopic (exact) mass is 665 g/mol. The summed E-state index contributed by atoms with van der Waals surface area (Å²) in [5, 5.41) is 10.8. The van der Waals surface area contributed by atoms with Crippen molar-refractivity contribution in [1.82, 2.24) is 14.8 Å². The van der Waals surface area contributed by atoms with Gasteiger partial charge in [-0.05, 0) is 96.2 Å². The van der Waals surface area contributed by atoms with E-state index in [1.54, 1.807) is 4.68 Å². The number of aryl methyl sites for hydroxylation is 1. The molecule has 0 spiro atoms. The van der Waals surface area contributed by atoms with Crippen LogP contribution in [0.1, 0.15) is 42.1 Å². The number of rotatable bonds is 8. The quantitative estimate of drug-likeness (QED) is 0.205. The molecule has 0 aliphatic carbocycles. The van der Waals surface area contributed by atoms with Crippen LogP contribution in [0.25, 0.3) is 0 Å². The molecular weight excluding hydrogens is 638 g/mol. The highest BCUT2D eigenvalue weighted by molar-refractivity contribution is 9.10. The molecule has 1 aromatic heterocycles. The summed E-state index contributed by atoms with van der Waals surface area (Å²) >= 11 is 7.17. The first-order valence-corrected chi connectivity index (χ1v) is 14.4. The largest absolute Gasteiger partial charge is 0.490 e. The average Bonchev–Trinajstić information content (AvgIpc) is 3.39. The molecule has 0 fully saturated rings. The molecule has 0 radical (unpaired) electrons. The average molecular weight is 667 g/mol. The van der Waals surface area contributed by atoms with E-state index in [4.69, 9.17) is 9.47 Å². The number of amides is 1. The van der Waals surface area contributed by atoms with Crippen LogP contribution in [0.3, 0.4) is 0 Å². The van der Waals surface area contributed by atoms with E-state index in [1.165, 1.54) is 6.33 Å². The van der Waals surface area contributed by atoms with Gasteiger partial charge in [0.25, 0.3) is 5.91 Å². The van der Waals surface area contributed by atoms with Gasteiger partial charge in [-0.3, -0.25) is 4.79 Å². The second kappa shape index (κ2) is 11.9. The fourth-order valence-corrected chi connectivity index (χ4v) is 5.49. The molecule has 1 unspecified atom stereocenters. The number of nitrogens with zero attached hydrogens (tertiary/aromatic N) is 3. The molecule has 10 heteroatoms. The zero-order chi connectivity index (χ0) is 28.4. The number of benzene rings is 3. The lowest BCUT2D eigenvalue weighted by molar-refractivity contribution is -0.113. The van der Waals surface area contributed by atoms with Crippen molar-refractivity contribution in [2.75, 3.05) is 17.2 Å². The van der Waals surface area contributed by atoms with Crippen LogP contribution in [-0.2, 0) is 11.4 Å². The number of ether oxygens (including phenoxy) is 2. The van der Waals surface area contributed by atoms with Gasteiger partial charge in [0, 0.05) is 15.9 Å². The third kappa shape index (κ3) is 5.64. The normalized spacial score (nSPS) is 14.4. The maximum atomic E-state index is 13.9. The number of hydrogen-bond acceptors (Lipinski definition) is 6. The summed E-state index contributed by atoms with van der Waals surface area (Å²) in [5.41, 5.74) is 5.92. The Balaban J connectivity index is 1.53. The maximum absolute atomic E-state index is 13.9. The van der Waals surface area contributed by atoms with E-state index >= 15 is 0 Å². The third-order valence-electron chi connectivity index (χ3n) is 6.84. The Bertz CT molecular complexity index is 1600. The highest BCUT2D eigenvalue weighted by Gasteiger charge is 2.34. The highest BCUT2D eigenvalue weighted by atomic mass is 79.9. The molecule has 2 heterocycles. The first kappa shape index (κ1) is 27.9. The minimum Gasteiger partial charge on any atom is -0.490 e. The van der Waals surface area contributed by atoms with E-state index < -0.39 is 6.04 Å². The van der Waals surface area contributed by atoms with Crippen molar-refractivity contribution in [3.05, 3.63) is 103 Å². The Morgan fingerprint density at radius 2 is 1.85 bits per heavy atom. The molecule has 40 heavy (non-hydrogen) atoms. The van der Waals surface area contributed by atoms with Gasteiger partial charge in [0.1, 0.15) is 19.0 Å². The summed E-state index contributed by atoms with van der Waals surface area (Å²) in [4.78, 5) is 18.2. The lowest BCUT2D eigenvalue weighted by Crippen LogP contribution is -2.31. The summed E-state index contributed by atoms with van der Waals surface area (Å²) in [7, 11) is 0. The first-order valence-electron chi connectivity index (χ1n) is 12.8. The molecule has 1 aliphatic heterocycles. The van der Waals surface area contributed by atoms with Gasteiger partial charge in [0.15, 0.2) is 11.5 Å². The van der Waals surface area contributed by atoms with Crippen molar-refractivity contribution in [3.63, 3.8) is 0 Å². The van der Waals surface area contributed by atoms with Crippen LogP contribution in [0, 0.1) is 13.8 Å². The number of carbonyl (C=O) groups excluding carboxylic acids is 1. The van der Waals surface area contributed by atoms with E-state index in [2.05, 4.69) is 52.6 Å². The van der Waals surface area contributed by atoms with Crippen molar-refractivity contribution in [1.29, 1.82) is 0 Å². The Morgan fingerprint density at radius 3 is 2.60 bits per heavy atom. The molecule has 5 rings (SSSR count). The molecule has 8 nitrogen and oxygen atoms in total. The molecule has 0 bridgehead atoms. The smallest absolute Gasteiger partial charge is 0.255 e. The standard InChI is InChI=1S/C30H29Br2N5O3/c1-5-39-25-14-21(13-23(32)28(25)40-15-20-9-11-22(31)12-10-20)27-26(19(4)35-30-33-16-34-37(27)30)29(38)36-24-8-6-7-17(2)18(24)3/h6-14,16,27H,5,15H2,1-4H3,(H,36,38)(H,33,34,35). The number of allylic oxidation sites excluding steroid dienone is 1. The van der Waals surface area contributed by atoms with Crippen LogP contribution in [0.4, 0.5) is 11.6 Å². The Hall–Kier alpha value is -3.63. The van der Waals surface area contributed by atoms with Gasteiger partial charge in [0.2, 0.25) is 5.95 Å². The van der Waals surface area contributed by atoms with Crippen LogP contribution in [0.2, 0.25) is 0 Å². The Morgan fingerprint density at radius 1 is 1.07 bits per heavy atom. The number of nitrogens with one attached hydrogen (secondary N) is 2. The van der Waals surface area contributed by atoms with Gasteiger partial charge in [-0.25, -0.2) is 4.68 Å². The molecule has 0 saturated heterocycles. The van der Waals surface area contributed by atoms with Gasteiger partial charge in [-0.15, -0.1) is 0 Å². The van der Waals surface area contributed by atoms with Crippen LogP contribution < -0.4 is 20.1 Å². The number of fused-ring (bicyclic) bond motifs is 1. The zero-order valence-electron chi connectivity index (χ0n) is 22.6. The van der Waals surface area contributed by atoms with Crippen molar-refractivity contribution in [2.45, 2.75) is 40.3 Å². The summed E-state index contributed by atoms with van der Waals surface area (Å²) in [6.45, 7) is 8.63. The molecule has 1 atom stereocenters. The Labute approximate surface area is 250 Å². The fourth-order valence-electron chi connectivity index (χ4n) is 4.65. The topological polar surface area (TPSA) is 90.3 Å². The highest BCUT2D eigenvalue weighted by Crippen LogP contribution is 2.43. The lowest BCUT2D eigenvalue weighted by Gasteiger charge is -2.29. The van der Waals surface area contributed by atoms with Crippen LogP contribution in [-0.4, -0.2) is 27.3 Å². The number of carbonyl (C=O) groups is 1. The second-order valence-corrected chi connectivity index (χ2v) is 11.2. The third-order valence-corrected chi connectivity index (χ3v) is 7.95. The van der Waals surface area contributed by atoms with Gasteiger partial charge in [0.05, 0.1) is 16.7 Å². The number of halogens is 2. The molecule has 1 aliphatic rings.